The van der Waals surface area contributed by atoms with Gasteiger partial charge in [-0.2, -0.15) is 11.8 Å². The Morgan fingerprint density at radius 2 is 2.30 bits per heavy atom. The van der Waals surface area contributed by atoms with E-state index >= 15 is 0 Å². The summed E-state index contributed by atoms with van der Waals surface area (Å²) in [5.74, 6) is 0.257. The fourth-order valence-corrected chi connectivity index (χ4v) is 2.46. The van der Waals surface area contributed by atoms with Crippen LogP contribution in [-0.2, 0) is 11.3 Å². The first-order chi connectivity index (χ1) is 10.6. The molecule has 1 amide bonds. The summed E-state index contributed by atoms with van der Waals surface area (Å²) in [6, 6.07) is 4.31. The molecule has 0 unspecified atom stereocenters. The Balaban J connectivity index is 0.00000264. The summed E-state index contributed by atoms with van der Waals surface area (Å²) in [6.07, 6.45) is 7.38. The summed E-state index contributed by atoms with van der Waals surface area (Å²) >= 11 is 1.65. The van der Waals surface area contributed by atoms with E-state index in [0.29, 0.717) is 17.7 Å². The Hall–Kier alpha value is -1.57. The fourth-order valence-electron chi connectivity index (χ4n) is 1.97. The molecule has 0 radical (unpaired) electrons. The standard InChI is InChI=1S/C15H19FN4OS.ClH/c1-22-7-4-13(17)15(21)19-9-11-2-3-14(12(16)8-11)20-6-5-18-10-20;/h2-3,5-6,8,10,13H,4,7,9,17H2,1H3,(H,19,21);1H/t13-;/m0./s1. The number of aromatic nitrogens is 2. The van der Waals surface area contributed by atoms with Gasteiger partial charge >= 0.3 is 0 Å². The third-order valence-corrected chi connectivity index (χ3v) is 3.88. The number of nitrogens with one attached hydrogen (secondary N) is 1. The van der Waals surface area contributed by atoms with Crippen molar-refractivity contribution in [2.45, 2.75) is 19.0 Å². The van der Waals surface area contributed by atoms with Crippen molar-refractivity contribution >= 4 is 30.1 Å². The number of amides is 1. The highest BCUT2D eigenvalue weighted by atomic mass is 35.5. The van der Waals surface area contributed by atoms with Crippen molar-refractivity contribution < 1.29 is 9.18 Å². The average Bonchev–Trinajstić information content (AvgIpc) is 3.04. The third-order valence-electron chi connectivity index (χ3n) is 3.23. The predicted octanol–water partition coefficient (Wildman–Crippen LogP) is 2.13. The highest BCUT2D eigenvalue weighted by Gasteiger charge is 2.13. The van der Waals surface area contributed by atoms with E-state index in [-0.39, 0.29) is 30.7 Å². The molecule has 0 bridgehead atoms. The van der Waals surface area contributed by atoms with E-state index in [2.05, 4.69) is 10.3 Å². The summed E-state index contributed by atoms with van der Waals surface area (Å²) in [5, 5.41) is 2.73. The molecule has 0 aliphatic carbocycles. The van der Waals surface area contributed by atoms with Crippen LogP contribution < -0.4 is 11.1 Å². The van der Waals surface area contributed by atoms with Crippen molar-refractivity contribution in [2.24, 2.45) is 5.73 Å². The maximum absolute atomic E-state index is 14.1. The lowest BCUT2D eigenvalue weighted by atomic mass is 10.1. The van der Waals surface area contributed by atoms with Gasteiger partial charge in [0.15, 0.2) is 0 Å². The second-order valence-corrected chi connectivity index (χ2v) is 5.85. The molecule has 23 heavy (non-hydrogen) atoms. The number of nitrogens with two attached hydrogens (primary N) is 1. The Morgan fingerprint density at radius 1 is 1.52 bits per heavy atom. The van der Waals surface area contributed by atoms with Gasteiger partial charge in [-0.15, -0.1) is 12.4 Å². The molecule has 1 aromatic carbocycles. The van der Waals surface area contributed by atoms with Gasteiger partial charge in [-0.1, -0.05) is 6.07 Å². The Morgan fingerprint density at radius 3 is 2.91 bits per heavy atom. The van der Waals surface area contributed by atoms with Crippen LogP contribution in [0.1, 0.15) is 12.0 Å². The highest BCUT2D eigenvalue weighted by Crippen LogP contribution is 2.15. The van der Waals surface area contributed by atoms with Crippen molar-refractivity contribution in [2.75, 3.05) is 12.0 Å². The zero-order chi connectivity index (χ0) is 15.9. The van der Waals surface area contributed by atoms with Gasteiger partial charge in [-0.25, -0.2) is 9.37 Å². The third kappa shape index (κ3) is 5.53. The zero-order valence-corrected chi connectivity index (χ0v) is 14.4. The molecule has 1 heterocycles. The molecule has 0 aliphatic heterocycles. The van der Waals surface area contributed by atoms with E-state index in [4.69, 9.17) is 5.73 Å². The zero-order valence-electron chi connectivity index (χ0n) is 12.7. The van der Waals surface area contributed by atoms with E-state index in [1.54, 1.807) is 40.9 Å². The summed E-state index contributed by atoms with van der Waals surface area (Å²) in [6.45, 7) is 0.257. The van der Waals surface area contributed by atoms with Gasteiger partial charge in [0.25, 0.3) is 0 Å². The minimum Gasteiger partial charge on any atom is -0.351 e. The van der Waals surface area contributed by atoms with Gasteiger partial charge in [-0.3, -0.25) is 4.79 Å². The second-order valence-electron chi connectivity index (χ2n) is 4.86. The van der Waals surface area contributed by atoms with Crippen LogP contribution in [0.5, 0.6) is 0 Å². The van der Waals surface area contributed by atoms with Crippen molar-refractivity contribution in [3.05, 3.63) is 48.3 Å². The molecule has 0 saturated carbocycles. The molecular formula is C15H20ClFN4OS. The first kappa shape index (κ1) is 19.5. The maximum atomic E-state index is 14.1. The van der Waals surface area contributed by atoms with Crippen LogP contribution in [0, 0.1) is 5.82 Å². The highest BCUT2D eigenvalue weighted by molar-refractivity contribution is 7.98. The number of hydrogen-bond acceptors (Lipinski definition) is 4. The summed E-state index contributed by atoms with van der Waals surface area (Å²) < 4.78 is 15.7. The number of carbonyl (C=O) groups is 1. The van der Waals surface area contributed by atoms with Crippen LogP contribution in [-0.4, -0.2) is 33.5 Å². The maximum Gasteiger partial charge on any atom is 0.237 e. The number of imidazole rings is 1. The molecule has 0 aliphatic rings. The lowest BCUT2D eigenvalue weighted by Crippen LogP contribution is -2.40. The molecule has 0 fully saturated rings. The van der Waals surface area contributed by atoms with Gasteiger partial charge in [0.05, 0.1) is 18.1 Å². The van der Waals surface area contributed by atoms with Crippen LogP contribution >= 0.6 is 24.2 Å². The lowest BCUT2D eigenvalue weighted by Gasteiger charge is -2.12. The smallest absolute Gasteiger partial charge is 0.237 e. The van der Waals surface area contributed by atoms with E-state index in [0.717, 1.165) is 5.75 Å². The number of nitrogens with zero attached hydrogens (tertiary/aromatic N) is 2. The van der Waals surface area contributed by atoms with E-state index in [1.165, 1.54) is 12.4 Å². The molecule has 3 N–H and O–H groups in total. The molecule has 8 heteroatoms. The summed E-state index contributed by atoms with van der Waals surface area (Å²) in [4.78, 5) is 15.7. The fraction of sp³-hybridized carbons (Fsp3) is 0.333. The Bertz CT molecular complexity index is 624. The van der Waals surface area contributed by atoms with E-state index < -0.39 is 6.04 Å². The van der Waals surface area contributed by atoms with Crippen LogP contribution in [0.3, 0.4) is 0 Å². The molecule has 126 valence electrons. The number of rotatable bonds is 7. The average molecular weight is 359 g/mol. The molecule has 0 spiro atoms. The first-order valence-corrected chi connectivity index (χ1v) is 8.30. The van der Waals surface area contributed by atoms with Crippen molar-refractivity contribution in [3.63, 3.8) is 0 Å². The number of hydrogen-bond donors (Lipinski definition) is 2. The molecule has 2 rings (SSSR count). The van der Waals surface area contributed by atoms with Crippen LogP contribution in [0.4, 0.5) is 4.39 Å². The first-order valence-electron chi connectivity index (χ1n) is 6.91. The van der Waals surface area contributed by atoms with Crippen molar-refractivity contribution in [3.8, 4) is 5.69 Å². The minimum absolute atomic E-state index is 0. The molecule has 5 nitrogen and oxygen atoms in total. The Labute approximate surface area is 145 Å². The normalized spacial score (nSPS) is 11.6. The van der Waals surface area contributed by atoms with Crippen LogP contribution in [0.2, 0.25) is 0 Å². The number of thioether (sulfide) groups is 1. The van der Waals surface area contributed by atoms with E-state index in [9.17, 15) is 9.18 Å². The molecule has 0 saturated heterocycles. The summed E-state index contributed by atoms with van der Waals surface area (Å²) in [7, 11) is 0. The second kappa shape index (κ2) is 9.54. The van der Waals surface area contributed by atoms with E-state index in [1.807, 2.05) is 6.26 Å². The molecular weight excluding hydrogens is 339 g/mol. The minimum atomic E-state index is -0.525. The largest absolute Gasteiger partial charge is 0.351 e. The van der Waals surface area contributed by atoms with Crippen molar-refractivity contribution in [1.29, 1.82) is 0 Å². The number of carbonyl (C=O) groups excluding carboxylic acids is 1. The molecule has 1 atom stereocenters. The Kier molecular flexibility index (Phi) is 8.08. The SMILES string of the molecule is CSCC[C@H](N)C(=O)NCc1ccc(-n2ccnc2)c(F)c1.Cl. The van der Waals surface area contributed by atoms with Gasteiger partial charge in [0, 0.05) is 18.9 Å². The van der Waals surface area contributed by atoms with Gasteiger partial charge in [0.1, 0.15) is 5.82 Å². The van der Waals surface area contributed by atoms with Crippen LogP contribution in [0.25, 0.3) is 5.69 Å². The number of halogens is 2. The predicted molar refractivity (Wildman–Crippen MR) is 93.6 cm³/mol. The monoisotopic (exact) mass is 358 g/mol. The van der Waals surface area contributed by atoms with Crippen molar-refractivity contribution in [1.82, 2.24) is 14.9 Å². The van der Waals surface area contributed by atoms with Crippen LogP contribution in [0.15, 0.2) is 36.9 Å². The van der Waals surface area contributed by atoms with Gasteiger partial charge < -0.3 is 15.6 Å². The quantitative estimate of drug-likeness (QED) is 0.795. The molecule has 1 aromatic heterocycles. The lowest BCUT2D eigenvalue weighted by molar-refractivity contribution is -0.122. The molecule has 2 aromatic rings. The summed E-state index contributed by atoms with van der Waals surface area (Å²) in [5.41, 5.74) is 6.88. The topological polar surface area (TPSA) is 72.9 Å². The van der Waals surface area contributed by atoms with Gasteiger partial charge in [0.2, 0.25) is 5.91 Å². The van der Waals surface area contributed by atoms with Gasteiger partial charge in [-0.05, 0) is 36.1 Å². The number of benzene rings is 1.